The molecule has 1 heterocycles. The molecule has 0 radical (unpaired) electrons. The van der Waals surface area contributed by atoms with E-state index in [0.717, 1.165) is 6.42 Å². The quantitative estimate of drug-likeness (QED) is 0.686. The van der Waals surface area contributed by atoms with Gasteiger partial charge >= 0.3 is 0 Å². The number of unbranched alkanes of at least 4 members (excludes halogenated alkanes) is 3. The van der Waals surface area contributed by atoms with Crippen molar-refractivity contribution < 1.29 is 9.52 Å². The third-order valence-electron chi connectivity index (χ3n) is 2.18. The largest absolute Gasteiger partial charge is 0.467 e. The Morgan fingerprint density at radius 3 is 2.77 bits per heavy atom. The molecule has 1 rings (SSSR count). The van der Waals surface area contributed by atoms with Crippen molar-refractivity contribution in [3.63, 3.8) is 0 Å². The summed E-state index contributed by atoms with van der Waals surface area (Å²) in [5.74, 6) is 0.672. The van der Waals surface area contributed by atoms with E-state index in [-0.39, 0.29) is 6.61 Å². The van der Waals surface area contributed by atoms with Gasteiger partial charge in [-0.15, -0.1) is 0 Å². The van der Waals surface area contributed by atoms with E-state index in [1.54, 1.807) is 6.26 Å². The summed E-state index contributed by atoms with van der Waals surface area (Å²) >= 11 is 0. The van der Waals surface area contributed by atoms with Gasteiger partial charge in [0.1, 0.15) is 12.4 Å². The van der Waals surface area contributed by atoms with E-state index < -0.39 is 0 Å². The number of hydrogen-bond donors (Lipinski definition) is 1. The minimum atomic E-state index is 0.00889. The van der Waals surface area contributed by atoms with E-state index in [4.69, 9.17) is 9.52 Å². The van der Waals surface area contributed by atoms with Gasteiger partial charge in [0.15, 0.2) is 0 Å². The van der Waals surface area contributed by atoms with Gasteiger partial charge in [0.2, 0.25) is 0 Å². The van der Waals surface area contributed by atoms with E-state index in [0.29, 0.717) is 5.76 Å². The zero-order chi connectivity index (χ0) is 9.52. The lowest BCUT2D eigenvalue weighted by molar-refractivity contribution is 0.247. The van der Waals surface area contributed by atoms with Gasteiger partial charge in [-0.25, -0.2) is 0 Å². The number of furan rings is 1. The van der Waals surface area contributed by atoms with Crippen LogP contribution in [-0.4, -0.2) is 5.11 Å². The molecule has 1 aromatic heterocycles. The molecule has 0 saturated heterocycles. The fourth-order valence-electron chi connectivity index (χ4n) is 1.40. The molecular formula is C11H18O2. The molecule has 1 aromatic rings. The van der Waals surface area contributed by atoms with Crippen LogP contribution in [-0.2, 0) is 13.0 Å². The SMILES string of the molecule is CCCCCCc1coc(CO)c1. The highest BCUT2D eigenvalue weighted by Crippen LogP contribution is 2.11. The highest BCUT2D eigenvalue weighted by molar-refractivity contribution is 5.12. The van der Waals surface area contributed by atoms with Crippen LogP contribution in [0.4, 0.5) is 0 Å². The molecule has 0 aliphatic rings. The van der Waals surface area contributed by atoms with Gasteiger partial charge in [0.05, 0.1) is 6.26 Å². The molecule has 13 heavy (non-hydrogen) atoms. The second kappa shape index (κ2) is 5.81. The van der Waals surface area contributed by atoms with Crippen LogP contribution < -0.4 is 0 Å². The van der Waals surface area contributed by atoms with Gasteiger partial charge in [0.25, 0.3) is 0 Å². The molecule has 74 valence electrons. The van der Waals surface area contributed by atoms with Crippen LogP contribution in [0.3, 0.4) is 0 Å². The average molecular weight is 182 g/mol. The van der Waals surface area contributed by atoms with Crippen LogP contribution in [0.5, 0.6) is 0 Å². The van der Waals surface area contributed by atoms with Crippen molar-refractivity contribution in [2.45, 2.75) is 45.6 Å². The van der Waals surface area contributed by atoms with Crippen LogP contribution in [0.1, 0.15) is 43.9 Å². The Morgan fingerprint density at radius 2 is 2.15 bits per heavy atom. The predicted octanol–water partition coefficient (Wildman–Crippen LogP) is 2.89. The van der Waals surface area contributed by atoms with Gasteiger partial charge in [-0.1, -0.05) is 26.2 Å². The number of aryl methyl sites for hydroxylation is 1. The molecule has 2 nitrogen and oxygen atoms in total. The minimum Gasteiger partial charge on any atom is -0.467 e. The Morgan fingerprint density at radius 1 is 1.31 bits per heavy atom. The fraction of sp³-hybridized carbons (Fsp3) is 0.636. The Bertz CT molecular complexity index is 228. The standard InChI is InChI=1S/C11H18O2/c1-2-3-4-5-6-10-7-11(8-12)13-9-10/h7,9,12H,2-6,8H2,1H3. The van der Waals surface area contributed by atoms with E-state index in [9.17, 15) is 0 Å². The molecule has 0 aliphatic heterocycles. The second-order valence-electron chi connectivity index (χ2n) is 3.39. The first-order chi connectivity index (χ1) is 6.36. The zero-order valence-corrected chi connectivity index (χ0v) is 8.25. The van der Waals surface area contributed by atoms with E-state index in [1.807, 2.05) is 6.07 Å². The van der Waals surface area contributed by atoms with E-state index in [1.165, 1.54) is 31.2 Å². The van der Waals surface area contributed by atoms with Crippen LogP contribution in [0.2, 0.25) is 0 Å². The first kappa shape index (κ1) is 10.3. The third kappa shape index (κ3) is 3.64. The van der Waals surface area contributed by atoms with Gasteiger partial charge in [-0.2, -0.15) is 0 Å². The summed E-state index contributed by atoms with van der Waals surface area (Å²) in [4.78, 5) is 0. The van der Waals surface area contributed by atoms with Crippen molar-refractivity contribution in [1.82, 2.24) is 0 Å². The maximum atomic E-state index is 8.77. The molecule has 0 bridgehead atoms. The number of aliphatic hydroxyl groups is 1. The summed E-state index contributed by atoms with van der Waals surface area (Å²) in [6.45, 7) is 2.22. The summed E-state index contributed by atoms with van der Waals surface area (Å²) in [5.41, 5.74) is 1.21. The zero-order valence-electron chi connectivity index (χ0n) is 8.25. The lowest BCUT2D eigenvalue weighted by Gasteiger charge is -1.95. The van der Waals surface area contributed by atoms with E-state index >= 15 is 0 Å². The Labute approximate surface area is 79.6 Å². The molecule has 0 spiro atoms. The van der Waals surface area contributed by atoms with Gasteiger partial charge in [-0.05, 0) is 24.5 Å². The first-order valence-electron chi connectivity index (χ1n) is 5.04. The predicted molar refractivity (Wildman–Crippen MR) is 52.5 cm³/mol. The molecule has 0 amide bonds. The van der Waals surface area contributed by atoms with Crippen LogP contribution in [0, 0.1) is 0 Å². The molecule has 2 heteroatoms. The molecule has 0 fully saturated rings. The molecule has 0 unspecified atom stereocenters. The summed E-state index contributed by atoms with van der Waals surface area (Å²) in [6, 6.07) is 1.94. The maximum Gasteiger partial charge on any atom is 0.129 e. The van der Waals surface area contributed by atoms with E-state index in [2.05, 4.69) is 6.92 Å². The van der Waals surface area contributed by atoms with Gasteiger partial charge < -0.3 is 9.52 Å². The van der Waals surface area contributed by atoms with Crippen molar-refractivity contribution in [1.29, 1.82) is 0 Å². The second-order valence-corrected chi connectivity index (χ2v) is 3.39. The highest BCUT2D eigenvalue weighted by atomic mass is 16.4. The van der Waals surface area contributed by atoms with Crippen LogP contribution in [0.25, 0.3) is 0 Å². The molecule has 0 aromatic carbocycles. The number of hydrogen-bond acceptors (Lipinski definition) is 2. The molecule has 0 saturated carbocycles. The Kier molecular flexibility index (Phi) is 4.61. The fourth-order valence-corrected chi connectivity index (χ4v) is 1.40. The monoisotopic (exact) mass is 182 g/mol. The van der Waals surface area contributed by atoms with Crippen molar-refractivity contribution >= 4 is 0 Å². The van der Waals surface area contributed by atoms with Gasteiger partial charge in [-0.3, -0.25) is 0 Å². The molecular weight excluding hydrogens is 164 g/mol. The van der Waals surface area contributed by atoms with Gasteiger partial charge in [0, 0.05) is 0 Å². The summed E-state index contributed by atoms with van der Waals surface area (Å²) in [6.07, 6.45) is 7.91. The van der Waals surface area contributed by atoms with Crippen LogP contribution >= 0.6 is 0 Å². The van der Waals surface area contributed by atoms with Crippen molar-refractivity contribution in [2.24, 2.45) is 0 Å². The summed E-state index contributed by atoms with van der Waals surface area (Å²) in [5, 5.41) is 8.77. The number of rotatable bonds is 6. The van der Waals surface area contributed by atoms with Crippen molar-refractivity contribution in [3.05, 3.63) is 23.7 Å². The molecule has 0 aliphatic carbocycles. The summed E-state index contributed by atoms with van der Waals surface area (Å²) in [7, 11) is 0. The van der Waals surface area contributed by atoms with Crippen LogP contribution in [0.15, 0.2) is 16.7 Å². The first-order valence-corrected chi connectivity index (χ1v) is 5.04. The van der Waals surface area contributed by atoms with Crippen molar-refractivity contribution in [3.8, 4) is 0 Å². The molecule has 0 atom stereocenters. The number of aliphatic hydroxyl groups excluding tert-OH is 1. The highest BCUT2D eigenvalue weighted by Gasteiger charge is 1.99. The average Bonchev–Trinajstić information content (AvgIpc) is 2.60. The Balaban J connectivity index is 2.20. The third-order valence-corrected chi connectivity index (χ3v) is 2.18. The smallest absolute Gasteiger partial charge is 0.129 e. The Hall–Kier alpha value is -0.760. The topological polar surface area (TPSA) is 33.4 Å². The maximum absolute atomic E-state index is 8.77. The lowest BCUT2D eigenvalue weighted by atomic mass is 10.1. The lowest BCUT2D eigenvalue weighted by Crippen LogP contribution is -1.82. The summed E-state index contributed by atoms with van der Waals surface area (Å²) < 4.78 is 5.12. The van der Waals surface area contributed by atoms with Crippen molar-refractivity contribution in [2.75, 3.05) is 0 Å². The molecule has 1 N–H and O–H groups in total. The minimum absolute atomic E-state index is 0.00889. The normalized spacial score (nSPS) is 10.6.